The van der Waals surface area contributed by atoms with Gasteiger partial charge in [0, 0.05) is 19.3 Å². The second-order valence-corrected chi connectivity index (χ2v) is 5.76. The van der Waals surface area contributed by atoms with Crippen LogP contribution in [-0.2, 0) is 4.74 Å². The molecule has 2 fully saturated rings. The van der Waals surface area contributed by atoms with E-state index in [1.807, 2.05) is 0 Å². The summed E-state index contributed by atoms with van der Waals surface area (Å²) in [4.78, 5) is 2.44. The molecule has 1 atom stereocenters. The van der Waals surface area contributed by atoms with Crippen molar-refractivity contribution in [2.45, 2.75) is 44.6 Å². The van der Waals surface area contributed by atoms with E-state index in [0.717, 1.165) is 31.7 Å². The van der Waals surface area contributed by atoms with Crippen molar-refractivity contribution in [1.29, 1.82) is 0 Å². The zero-order valence-electron chi connectivity index (χ0n) is 11.3. The second-order valence-electron chi connectivity index (χ2n) is 5.76. The van der Waals surface area contributed by atoms with Crippen LogP contribution in [0, 0.1) is 5.92 Å². The lowest BCUT2D eigenvalue weighted by molar-refractivity contribution is 0.121. The van der Waals surface area contributed by atoms with E-state index < -0.39 is 0 Å². The third kappa shape index (κ3) is 5.84. The first-order valence-corrected chi connectivity index (χ1v) is 7.34. The molecule has 100 valence electrons. The van der Waals surface area contributed by atoms with Crippen LogP contribution < -0.4 is 5.32 Å². The first kappa shape index (κ1) is 13.3. The molecule has 1 unspecified atom stereocenters. The molecule has 0 bridgehead atoms. The molecule has 17 heavy (non-hydrogen) atoms. The molecule has 0 aromatic heterocycles. The number of nitrogens with one attached hydrogen (secondary N) is 1. The van der Waals surface area contributed by atoms with Gasteiger partial charge in [-0.25, -0.2) is 0 Å². The molecule has 0 amide bonds. The molecule has 1 saturated carbocycles. The third-order valence-corrected chi connectivity index (χ3v) is 3.90. The van der Waals surface area contributed by atoms with Crippen molar-refractivity contribution in [2.24, 2.45) is 5.92 Å². The summed E-state index contributed by atoms with van der Waals surface area (Å²) in [6, 6.07) is 0.739. The molecule has 1 saturated heterocycles. The average molecular weight is 240 g/mol. The number of hydrogen-bond acceptors (Lipinski definition) is 3. The number of hydrogen-bond donors (Lipinski definition) is 1. The van der Waals surface area contributed by atoms with Crippen molar-refractivity contribution >= 4 is 0 Å². The van der Waals surface area contributed by atoms with Crippen LogP contribution in [0.1, 0.15) is 38.5 Å². The number of likely N-dealkylation sites (tertiary alicyclic amines) is 1. The molecule has 3 heteroatoms. The Morgan fingerprint density at radius 3 is 2.88 bits per heavy atom. The summed E-state index contributed by atoms with van der Waals surface area (Å²) < 4.78 is 5.64. The van der Waals surface area contributed by atoms with E-state index in [1.54, 1.807) is 0 Å². The van der Waals surface area contributed by atoms with E-state index in [0.29, 0.717) is 0 Å². The Bertz CT molecular complexity index is 206. The van der Waals surface area contributed by atoms with Gasteiger partial charge in [-0.05, 0) is 71.1 Å². The van der Waals surface area contributed by atoms with Crippen LogP contribution in [0.4, 0.5) is 0 Å². The number of nitrogens with zero attached hydrogens (tertiary/aromatic N) is 1. The molecule has 1 aliphatic heterocycles. The summed E-state index contributed by atoms with van der Waals surface area (Å²) in [6.45, 7) is 5.59. The number of ether oxygens (including phenoxy) is 1. The lowest BCUT2D eigenvalue weighted by atomic mass is 10.1. The van der Waals surface area contributed by atoms with Crippen LogP contribution in [0.5, 0.6) is 0 Å². The Hall–Kier alpha value is -0.120. The van der Waals surface area contributed by atoms with Gasteiger partial charge >= 0.3 is 0 Å². The van der Waals surface area contributed by atoms with Gasteiger partial charge in [-0.2, -0.15) is 0 Å². The highest BCUT2D eigenvalue weighted by Gasteiger charge is 2.20. The maximum atomic E-state index is 5.64. The predicted octanol–water partition coefficient (Wildman–Crippen LogP) is 1.88. The molecule has 1 heterocycles. The van der Waals surface area contributed by atoms with Crippen LogP contribution in [0.25, 0.3) is 0 Å². The van der Waals surface area contributed by atoms with Crippen molar-refractivity contribution in [1.82, 2.24) is 10.2 Å². The average Bonchev–Trinajstić information content (AvgIpc) is 3.13. The summed E-state index contributed by atoms with van der Waals surface area (Å²) in [5, 5.41) is 3.68. The molecular weight excluding hydrogens is 212 g/mol. The Balaban J connectivity index is 1.43. The van der Waals surface area contributed by atoms with E-state index in [4.69, 9.17) is 4.74 Å². The van der Waals surface area contributed by atoms with Crippen LogP contribution in [0.15, 0.2) is 0 Å². The topological polar surface area (TPSA) is 24.5 Å². The van der Waals surface area contributed by atoms with Gasteiger partial charge in [0.05, 0.1) is 0 Å². The normalized spacial score (nSPS) is 27.0. The van der Waals surface area contributed by atoms with Crippen LogP contribution in [0.2, 0.25) is 0 Å². The van der Waals surface area contributed by atoms with E-state index in [9.17, 15) is 0 Å². The lowest BCUT2D eigenvalue weighted by Crippen LogP contribution is -2.31. The Kier molecular flexibility index (Phi) is 5.75. The van der Waals surface area contributed by atoms with Gasteiger partial charge in [0.1, 0.15) is 0 Å². The molecular formula is C14H28N2O. The third-order valence-electron chi connectivity index (χ3n) is 3.90. The summed E-state index contributed by atoms with van der Waals surface area (Å²) in [5.74, 6) is 0.903. The monoisotopic (exact) mass is 240 g/mol. The van der Waals surface area contributed by atoms with Crippen molar-refractivity contribution in [2.75, 3.05) is 39.9 Å². The molecule has 0 spiro atoms. The largest absolute Gasteiger partial charge is 0.381 e. The fraction of sp³-hybridized carbons (Fsp3) is 1.00. The molecule has 2 rings (SSSR count). The first-order chi connectivity index (χ1) is 8.34. The maximum absolute atomic E-state index is 5.64. The smallest absolute Gasteiger partial charge is 0.0494 e. The molecule has 0 aromatic carbocycles. The molecule has 0 aromatic rings. The molecule has 0 radical (unpaired) electrons. The van der Waals surface area contributed by atoms with Crippen molar-refractivity contribution in [3.63, 3.8) is 0 Å². The first-order valence-electron chi connectivity index (χ1n) is 7.34. The van der Waals surface area contributed by atoms with Gasteiger partial charge in [0.15, 0.2) is 0 Å². The van der Waals surface area contributed by atoms with E-state index >= 15 is 0 Å². The second kappa shape index (κ2) is 7.34. The molecule has 1 aliphatic carbocycles. The minimum Gasteiger partial charge on any atom is -0.381 e. The van der Waals surface area contributed by atoms with Gasteiger partial charge in [-0.3, -0.25) is 0 Å². The van der Waals surface area contributed by atoms with Crippen LogP contribution >= 0.6 is 0 Å². The van der Waals surface area contributed by atoms with Crippen molar-refractivity contribution < 1.29 is 4.74 Å². The molecule has 1 N–H and O–H groups in total. The summed E-state index contributed by atoms with van der Waals surface area (Å²) in [5.41, 5.74) is 0. The van der Waals surface area contributed by atoms with Crippen molar-refractivity contribution in [3.8, 4) is 0 Å². The highest BCUT2D eigenvalue weighted by molar-refractivity contribution is 4.73. The zero-order valence-corrected chi connectivity index (χ0v) is 11.3. The summed E-state index contributed by atoms with van der Waals surface area (Å²) in [6.07, 6.45) is 7.94. The minimum atomic E-state index is 0.739. The fourth-order valence-electron chi connectivity index (χ4n) is 2.46. The fourth-order valence-corrected chi connectivity index (χ4v) is 2.46. The maximum Gasteiger partial charge on any atom is 0.0494 e. The quantitative estimate of drug-likeness (QED) is 0.688. The predicted molar refractivity (Wildman–Crippen MR) is 71.3 cm³/mol. The Morgan fingerprint density at radius 1 is 1.18 bits per heavy atom. The van der Waals surface area contributed by atoms with Gasteiger partial charge in [-0.1, -0.05) is 0 Å². The van der Waals surface area contributed by atoms with Gasteiger partial charge < -0.3 is 15.0 Å². The van der Waals surface area contributed by atoms with E-state index in [2.05, 4.69) is 17.3 Å². The van der Waals surface area contributed by atoms with Crippen molar-refractivity contribution in [3.05, 3.63) is 0 Å². The van der Waals surface area contributed by atoms with Gasteiger partial charge in [0.2, 0.25) is 0 Å². The van der Waals surface area contributed by atoms with Crippen LogP contribution in [0.3, 0.4) is 0 Å². The number of rotatable bonds is 7. The van der Waals surface area contributed by atoms with Crippen LogP contribution in [-0.4, -0.2) is 50.8 Å². The van der Waals surface area contributed by atoms with E-state index in [1.165, 1.54) is 51.6 Å². The SMILES string of the molecule is CN1CCCC(NCCCOCC2CC2)CC1. The standard InChI is InChI=1S/C14H28N2O/c1-16-9-2-4-14(7-10-16)15-8-3-11-17-12-13-5-6-13/h13-15H,2-12H2,1H3. The Morgan fingerprint density at radius 2 is 2.06 bits per heavy atom. The highest BCUT2D eigenvalue weighted by atomic mass is 16.5. The molecule has 2 aliphatic rings. The Labute approximate surface area is 106 Å². The molecule has 3 nitrogen and oxygen atoms in total. The van der Waals surface area contributed by atoms with E-state index in [-0.39, 0.29) is 0 Å². The minimum absolute atomic E-state index is 0.739. The van der Waals surface area contributed by atoms with Gasteiger partial charge in [-0.15, -0.1) is 0 Å². The highest BCUT2D eigenvalue weighted by Crippen LogP contribution is 2.28. The zero-order chi connectivity index (χ0) is 11.9. The summed E-state index contributed by atoms with van der Waals surface area (Å²) in [7, 11) is 2.23. The van der Waals surface area contributed by atoms with Gasteiger partial charge in [0.25, 0.3) is 0 Å². The lowest BCUT2D eigenvalue weighted by Gasteiger charge is -2.16. The summed E-state index contributed by atoms with van der Waals surface area (Å²) >= 11 is 0.